The molecule has 0 unspecified atom stereocenters. The first kappa shape index (κ1) is 17.3. The molecule has 1 aromatic carbocycles. The van der Waals surface area contributed by atoms with Crippen LogP contribution in [0.4, 0.5) is 5.69 Å². The van der Waals surface area contributed by atoms with E-state index in [4.69, 9.17) is 10.7 Å². The Hall–Kier alpha value is -4.52. The number of nitrogens with one attached hydrogen (secondary N) is 2. The number of aromatic amines is 2. The molecule has 0 aliphatic rings. The van der Waals surface area contributed by atoms with Gasteiger partial charge in [-0.15, -0.1) is 0 Å². The number of anilines is 1. The maximum atomic E-state index is 5.90. The lowest BCUT2D eigenvalue weighted by Crippen LogP contribution is -1.90. The monoisotopic (exact) mass is 403 g/mol. The number of H-pyrrole nitrogens is 2. The third kappa shape index (κ3) is 2.91. The van der Waals surface area contributed by atoms with Gasteiger partial charge in [-0.25, -0.2) is 4.98 Å². The van der Waals surface area contributed by atoms with E-state index in [2.05, 4.69) is 49.4 Å². The van der Waals surface area contributed by atoms with Gasteiger partial charge in [0.1, 0.15) is 11.2 Å². The average Bonchev–Trinajstić information content (AvgIpc) is 3.43. The van der Waals surface area contributed by atoms with Crippen LogP contribution in [0.3, 0.4) is 0 Å². The van der Waals surface area contributed by atoms with E-state index in [1.54, 1.807) is 18.6 Å². The maximum absolute atomic E-state index is 5.90. The first-order valence-electron chi connectivity index (χ1n) is 9.85. The number of nitrogens with zero attached hydrogens (tertiary/aromatic N) is 4. The molecule has 0 radical (unpaired) electrons. The summed E-state index contributed by atoms with van der Waals surface area (Å²) in [6.07, 6.45) is 7.03. The van der Waals surface area contributed by atoms with E-state index in [9.17, 15) is 0 Å². The van der Waals surface area contributed by atoms with Crippen molar-refractivity contribution in [3.63, 3.8) is 0 Å². The molecule has 0 spiro atoms. The van der Waals surface area contributed by atoms with Crippen LogP contribution in [0.2, 0.25) is 0 Å². The third-order valence-corrected chi connectivity index (χ3v) is 5.35. The Morgan fingerprint density at radius 1 is 0.806 bits per heavy atom. The first-order valence-corrected chi connectivity index (χ1v) is 9.85. The highest BCUT2D eigenvalue weighted by Crippen LogP contribution is 2.34. The molecule has 5 heterocycles. The van der Waals surface area contributed by atoms with Gasteiger partial charge in [-0.2, -0.15) is 5.10 Å². The Bertz CT molecular complexity index is 1550. The van der Waals surface area contributed by atoms with Gasteiger partial charge in [0.05, 0.1) is 22.6 Å². The number of nitrogens with two attached hydrogens (primary N) is 1. The highest BCUT2D eigenvalue weighted by atomic mass is 15.1. The zero-order valence-corrected chi connectivity index (χ0v) is 16.4. The number of hydrogen-bond acceptors (Lipinski definition) is 5. The zero-order chi connectivity index (χ0) is 20.8. The van der Waals surface area contributed by atoms with E-state index < -0.39 is 0 Å². The van der Waals surface area contributed by atoms with Crippen LogP contribution in [-0.2, 0) is 0 Å². The molecular weight excluding hydrogens is 386 g/mol. The summed E-state index contributed by atoms with van der Waals surface area (Å²) in [7, 11) is 0. The summed E-state index contributed by atoms with van der Waals surface area (Å²) in [6.45, 7) is 0. The molecule has 7 heteroatoms. The van der Waals surface area contributed by atoms with Gasteiger partial charge in [0.15, 0.2) is 0 Å². The van der Waals surface area contributed by atoms with Crippen molar-refractivity contribution in [2.24, 2.45) is 0 Å². The molecule has 6 aromatic rings. The van der Waals surface area contributed by atoms with E-state index in [1.807, 2.05) is 36.5 Å². The molecule has 4 N–H and O–H groups in total. The van der Waals surface area contributed by atoms with E-state index in [1.165, 1.54) is 0 Å². The second-order valence-corrected chi connectivity index (χ2v) is 7.36. The van der Waals surface area contributed by atoms with Gasteiger partial charge >= 0.3 is 0 Å². The molecule has 6 rings (SSSR count). The summed E-state index contributed by atoms with van der Waals surface area (Å²) in [4.78, 5) is 16.8. The summed E-state index contributed by atoms with van der Waals surface area (Å²) in [5.41, 5.74) is 14.7. The standard InChI is InChI=1S/C24H17N7/c25-16-9-15(12-27-13-16)19-6-7-21-23(29-19)24(31-30-21)22-10-18-17(4-1-5-20(18)28-22)14-3-2-8-26-11-14/h1-13,28H,25H2,(H,30,31). The Morgan fingerprint density at radius 3 is 2.61 bits per heavy atom. The number of aromatic nitrogens is 6. The molecule has 0 aliphatic heterocycles. The van der Waals surface area contributed by atoms with Crippen molar-refractivity contribution in [1.82, 2.24) is 30.1 Å². The fourth-order valence-electron chi connectivity index (χ4n) is 3.90. The number of rotatable bonds is 3. The topological polar surface area (TPSA) is 109 Å². The minimum absolute atomic E-state index is 0.602. The molecule has 0 bridgehead atoms. The van der Waals surface area contributed by atoms with Crippen molar-refractivity contribution in [1.29, 1.82) is 0 Å². The van der Waals surface area contributed by atoms with Gasteiger partial charge in [0.2, 0.25) is 0 Å². The van der Waals surface area contributed by atoms with Crippen LogP contribution in [0.1, 0.15) is 0 Å². The van der Waals surface area contributed by atoms with Crippen molar-refractivity contribution in [3.8, 4) is 33.8 Å². The van der Waals surface area contributed by atoms with Gasteiger partial charge in [0, 0.05) is 46.8 Å². The molecule has 0 atom stereocenters. The number of hydrogen-bond donors (Lipinski definition) is 3. The van der Waals surface area contributed by atoms with Crippen molar-refractivity contribution >= 4 is 27.6 Å². The van der Waals surface area contributed by atoms with Crippen LogP contribution >= 0.6 is 0 Å². The van der Waals surface area contributed by atoms with Crippen LogP contribution in [0.5, 0.6) is 0 Å². The highest BCUT2D eigenvalue weighted by Gasteiger charge is 2.15. The van der Waals surface area contributed by atoms with E-state index in [0.29, 0.717) is 5.69 Å². The van der Waals surface area contributed by atoms with Crippen LogP contribution in [0.15, 0.2) is 79.4 Å². The molecule has 7 nitrogen and oxygen atoms in total. The van der Waals surface area contributed by atoms with Crippen molar-refractivity contribution in [3.05, 3.63) is 79.4 Å². The van der Waals surface area contributed by atoms with E-state index in [0.717, 1.165) is 55.7 Å². The lowest BCUT2D eigenvalue weighted by atomic mass is 10.0. The summed E-state index contributed by atoms with van der Waals surface area (Å²) in [5, 5.41) is 8.74. The minimum Gasteiger partial charge on any atom is -0.397 e. The Balaban J connectivity index is 1.51. The van der Waals surface area contributed by atoms with Crippen molar-refractivity contribution < 1.29 is 0 Å². The van der Waals surface area contributed by atoms with Crippen molar-refractivity contribution in [2.45, 2.75) is 0 Å². The number of fused-ring (bicyclic) bond motifs is 2. The van der Waals surface area contributed by atoms with Crippen LogP contribution in [0, 0.1) is 0 Å². The van der Waals surface area contributed by atoms with Gasteiger partial charge in [-0.1, -0.05) is 18.2 Å². The normalized spacial score (nSPS) is 11.4. The molecule has 0 amide bonds. The summed E-state index contributed by atoms with van der Waals surface area (Å²) in [5.74, 6) is 0. The van der Waals surface area contributed by atoms with Crippen LogP contribution in [0.25, 0.3) is 55.7 Å². The number of benzene rings is 1. The summed E-state index contributed by atoms with van der Waals surface area (Å²) in [6, 6.07) is 18.1. The SMILES string of the molecule is Nc1cncc(-c2ccc3[nH]nc(-c4cc5c(-c6cccnc6)cccc5[nH]4)c3n2)c1. The largest absolute Gasteiger partial charge is 0.397 e. The van der Waals surface area contributed by atoms with Gasteiger partial charge in [-0.3, -0.25) is 15.1 Å². The smallest absolute Gasteiger partial charge is 0.135 e. The fraction of sp³-hybridized carbons (Fsp3) is 0. The molecule has 0 aliphatic carbocycles. The lowest BCUT2D eigenvalue weighted by Gasteiger charge is -2.02. The van der Waals surface area contributed by atoms with Gasteiger partial charge < -0.3 is 10.7 Å². The van der Waals surface area contributed by atoms with Crippen LogP contribution in [-0.4, -0.2) is 30.1 Å². The van der Waals surface area contributed by atoms with Crippen LogP contribution < -0.4 is 5.73 Å². The predicted molar refractivity (Wildman–Crippen MR) is 122 cm³/mol. The average molecular weight is 403 g/mol. The summed E-state index contributed by atoms with van der Waals surface area (Å²) < 4.78 is 0. The fourth-order valence-corrected chi connectivity index (χ4v) is 3.90. The third-order valence-electron chi connectivity index (χ3n) is 5.35. The second-order valence-electron chi connectivity index (χ2n) is 7.36. The van der Waals surface area contributed by atoms with Crippen molar-refractivity contribution in [2.75, 3.05) is 5.73 Å². The lowest BCUT2D eigenvalue weighted by molar-refractivity contribution is 1.12. The van der Waals surface area contributed by atoms with Gasteiger partial charge in [-0.05, 0) is 42.0 Å². The Kier molecular flexibility index (Phi) is 3.79. The zero-order valence-electron chi connectivity index (χ0n) is 16.4. The van der Waals surface area contributed by atoms with Gasteiger partial charge in [0.25, 0.3) is 0 Å². The molecule has 148 valence electrons. The minimum atomic E-state index is 0.602. The highest BCUT2D eigenvalue weighted by molar-refractivity contribution is 6.00. The number of pyridine rings is 3. The van der Waals surface area contributed by atoms with E-state index in [-0.39, 0.29) is 0 Å². The Morgan fingerprint density at radius 2 is 1.74 bits per heavy atom. The summed E-state index contributed by atoms with van der Waals surface area (Å²) >= 11 is 0. The Labute approximate surface area is 177 Å². The molecule has 31 heavy (non-hydrogen) atoms. The number of nitrogen functional groups attached to an aromatic ring is 1. The molecule has 0 fully saturated rings. The second kappa shape index (κ2) is 6.77. The maximum Gasteiger partial charge on any atom is 0.135 e. The molecule has 0 saturated heterocycles. The van der Waals surface area contributed by atoms with E-state index >= 15 is 0 Å². The molecular formula is C24H17N7. The molecule has 0 saturated carbocycles. The quantitative estimate of drug-likeness (QED) is 0.393. The molecule has 5 aromatic heterocycles. The predicted octanol–water partition coefficient (Wildman–Crippen LogP) is 4.81. The first-order chi connectivity index (χ1) is 15.3.